The summed E-state index contributed by atoms with van der Waals surface area (Å²) in [6.07, 6.45) is 2.69. The van der Waals surface area contributed by atoms with Gasteiger partial charge in [0.05, 0.1) is 24.4 Å². The first-order chi connectivity index (χ1) is 15.7. The number of nitrogens with one attached hydrogen (secondary N) is 1. The molecule has 6 heteroatoms. The number of para-hydroxylation sites is 2. The summed E-state index contributed by atoms with van der Waals surface area (Å²) in [7, 11) is 1.63. The van der Waals surface area contributed by atoms with Crippen molar-refractivity contribution in [1.29, 1.82) is 0 Å². The van der Waals surface area contributed by atoms with Crippen LogP contribution in [0.4, 0.5) is 0 Å². The Morgan fingerprint density at radius 2 is 1.78 bits per heavy atom. The molecule has 0 bridgehead atoms. The minimum atomic E-state index is -0.139. The fraction of sp³-hybridized carbons (Fsp3) is 0.154. The molecule has 2 heterocycles. The molecule has 0 saturated carbocycles. The van der Waals surface area contributed by atoms with Gasteiger partial charge in [0.25, 0.3) is 5.91 Å². The molecule has 0 spiro atoms. The van der Waals surface area contributed by atoms with Gasteiger partial charge < -0.3 is 10.1 Å². The predicted octanol–water partition coefficient (Wildman–Crippen LogP) is 5.51. The van der Waals surface area contributed by atoms with E-state index in [1.165, 1.54) is 10.5 Å². The minimum Gasteiger partial charge on any atom is -0.496 e. The number of fused-ring (bicyclic) bond motifs is 1. The Labute approximate surface area is 191 Å². The van der Waals surface area contributed by atoms with E-state index in [2.05, 4.69) is 17.4 Å². The molecule has 1 unspecified atom stereocenters. The van der Waals surface area contributed by atoms with E-state index in [0.717, 1.165) is 23.4 Å². The number of rotatable bonds is 5. The lowest BCUT2D eigenvalue weighted by Gasteiger charge is -2.25. The van der Waals surface area contributed by atoms with Gasteiger partial charge in [-0.25, -0.2) is 4.68 Å². The maximum absolute atomic E-state index is 13.5. The third kappa shape index (κ3) is 3.89. The van der Waals surface area contributed by atoms with Crippen LogP contribution in [0, 0.1) is 0 Å². The van der Waals surface area contributed by atoms with Crippen LogP contribution in [0.15, 0.2) is 90.0 Å². The van der Waals surface area contributed by atoms with Crippen molar-refractivity contribution in [2.45, 2.75) is 17.4 Å². The zero-order valence-electron chi connectivity index (χ0n) is 17.7. The smallest absolute Gasteiger partial charge is 0.255 e. The Morgan fingerprint density at radius 3 is 2.62 bits per heavy atom. The summed E-state index contributed by atoms with van der Waals surface area (Å²) >= 11 is 1.84. The van der Waals surface area contributed by atoms with Crippen LogP contribution in [0.25, 0.3) is 16.9 Å². The van der Waals surface area contributed by atoms with E-state index in [9.17, 15) is 4.79 Å². The summed E-state index contributed by atoms with van der Waals surface area (Å²) in [6, 6.07) is 25.7. The molecule has 1 N–H and O–H groups in total. The number of benzene rings is 3. The van der Waals surface area contributed by atoms with Crippen molar-refractivity contribution in [3.05, 3.63) is 96.2 Å². The number of thioether (sulfide) groups is 1. The summed E-state index contributed by atoms with van der Waals surface area (Å²) in [4.78, 5) is 14.8. The first-order valence-electron chi connectivity index (χ1n) is 10.6. The number of hydrogen-bond donors (Lipinski definition) is 1. The molecule has 1 amide bonds. The molecule has 1 aliphatic rings. The molecule has 3 aromatic carbocycles. The number of nitrogens with zero attached hydrogens (tertiary/aromatic N) is 2. The van der Waals surface area contributed by atoms with Crippen LogP contribution in [0.3, 0.4) is 0 Å². The van der Waals surface area contributed by atoms with E-state index in [1.54, 1.807) is 18.0 Å². The van der Waals surface area contributed by atoms with Gasteiger partial charge in [-0.1, -0.05) is 48.5 Å². The summed E-state index contributed by atoms with van der Waals surface area (Å²) in [5, 5.41) is 8.05. The van der Waals surface area contributed by atoms with E-state index in [4.69, 9.17) is 9.84 Å². The molecule has 0 aliphatic carbocycles. The second-order valence-corrected chi connectivity index (χ2v) is 8.71. The number of amides is 1. The van der Waals surface area contributed by atoms with E-state index in [1.807, 2.05) is 78.5 Å². The van der Waals surface area contributed by atoms with Crippen molar-refractivity contribution in [2.75, 3.05) is 12.9 Å². The van der Waals surface area contributed by atoms with Gasteiger partial charge in [-0.05, 0) is 42.3 Å². The van der Waals surface area contributed by atoms with E-state index >= 15 is 0 Å². The van der Waals surface area contributed by atoms with Crippen LogP contribution in [0.1, 0.15) is 28.4 Å². The second kappa shape index (κ2) is 8.93. The third-order valence-corrected chi connectivity index (χ3v) is 6.73. The van der Waals surface area contributed by atoms with Gasteiger partial charge in [-0.2, -0.15) is 5.10 Å². The largest absolute Gasteiger partial charge is 0.496 e. The lowest BCUT2D eigenvalue weighted by atomic mass is 10.0. The maximum atomic E-state index is 13.5. The molecule has 160 valence electrons. The van der Waals surface area contributed by atoms with Crippen molar-refractivity contribution in [3.63, 3.8) is 0 Å². The standard InChI is InChI=1S/C26H23N3O2S/c1-31-23-13-7-5-12-20(23)25-21(17-29(28-25)18-9-3-2-4-10-18)26(30)27-22-15-16-32-24-14-8-6-11-19(22)24/h2-14,17,22H,15-16H2,1H3,(H,27,30). The minimum absolute atomic E-state index is 0.0226. The van der Waals surface area contributed by atoms with Gasteiger partial charge in [-0.3, -0.25) is 4.79 Å². The Balaban J connectivity index is 1.55. The summed E-state index contributed by atoms with van der Waals surface area (Å²) < 4.78 is 7.31. The lowest BCUT2D eigenvalue weighted by molar-refractivity contribution is 0.0935. The highest BCUT2D eigenvalue weighted by Crippen LogP contribution is 2.37. The van der Waals surface area contributed by atoms with E-state index in [-0.39, 0.29) is 11.9 Å². The normalized spacial score (nSPS) is 15.1. The number of aromatic nitrogens is 2. The average molecular weight is 442 g/mol. The van der Waals surface area contributed by atoms with Crippen LogP contribution < -0.4 is 10.1 Å². The number of hydrogen-bond acceptors (Lipinski definition) is 4. The topological polar surface area (TPSA) is 56.2 Å². The second-order valence-electron chi connectivity index (χ2n) is 7.57. The summed E-state index contributed by atoms with van der Waals surface area (Å²) in [6.45, 7) is 0. The van der Waals surface area contributed by atoms with Crippen molar-refractivity contribution in [2.24, 2.45) is 0 Å². The van der Waals surface area contributed by atoms with Crippen molar-refractivity contribution in [3.8, 4) is 22.7 Å². The first-order valence-corrected chi connectivity index (χ1v) is 11.5. The molecule has 0 fully saturated rings. The van der Waals surface area contributed by atoms with Gasteiger partial charge in [0, 0.05) is 22.4 Å². The Kier molecular flexibility index (Phi) is 5.69. The Morgan fingerprint density at radius 1 is 1.03 bits per heavy atom. The molecule has 4 aromatic rings. The van der Waals surface area contributed by atoms with Gasteiger partial charge in [0.15, 0.2) is 0 Å². The predicted molar refractivity (Wildman–Crippen MR) is 128 cm³/mol. The molecule has 1 aliphatic heterocycles. The van der Waals surface area contributed by atoms with Crippen molar-refractivity contribution >= 4 is 17.7 Å². The van der Waals surface area contributed by atoms with Crippen molar-refractivity contribution < 1.29 is 9.53 Å². The molecular weight excluding hydrogens is 418 g/mol. The summed E-state index contributed by atoms with van der Waals surface area (Å²) in [5.74, 6) is 1.52. The molecule has 0 radical (unpaired) electrons. The lowest BCUT2D eigenvalue weighted by Crippen LogP contribution is -2.30. The fourth-order valence-electron chi connectivity index (χ4n) is 4.02. The molecular formula is C26H23N3O2S. The monoisotopic (exact) mass is 441 g/mol. The molecule has 5 nitrogen and oxygen atoms in total. The number of carbonyl (C=O) groups is 1. The molecule has 0 saturated heterocycles. The average Bonchev–Trinajstić information content (AvgIpc) is 3.30. The Bertz CT molecular complexity index is 1250. The fourth-order valence-corrected chi connectivity index (χ4v) is 5.15. The van der Waals surface area contributed by atoms with Crippen LogP contribution in [-0.2, 0) is 0 Å². The molecule has 32 heavy (non-hydrogen) atoms. The number of methoxy groups -OCH3 is 1. The van der Waals surface area contributed by atoms with Crippen LogP contribution in [-0.4, -0.2) is 28.6 Å². The zero-order valence-corrected chi connectivity index (χ0v) is 18.5. The molecule has 1 aromatic heterocycles. The third-order valence-electron chi connectivity index (χ3n) is 5.61. The van der Waals surface area contributed by atoms with Crippen LogP contribution in [0.5, 0.6) is 5.75 Å². The highest BCUT2D eigenvalue weighted by atomic mass is 32.2. The quantitative estimate of drug-likeness (QED) is 0.443. The van der Waals surface area contributed by atoms with Crippen LogP contribution in [0.2, 0.25) is 0 Å². The van der Waals surface area contributed by atoms with E-state index < -0.39 is 0 Å². The van der Waals surface area contributed by atoms with Gasteiger partial charge in [0.1, 0.15) is 11.4 Å². The summed E-state index contributed by atoms with van der Waals surface area (Å²) in [5.41, 5.74) is 3.97. The van der Waals surface area contributed by atoms with Gasteiger partial charge >= 0.3 is 0 Å². The highest BCUT2D eigenvalue weighted by molar-refractivity contribution is 7.99. The van der Waals surface area contributed by atoms with Gasteiger partial charge in [-0.15, -0.1) is 11.8 Å². The van der Waals surface area contributed by atoms with Gasteiger partial charge in [0.2, 0.25) is 0 Å². The highest BCUT2D eigenvalue weighted by Gasteiger charge is 2.26. The Hall–Kier alpha value is -3.51. The number of carbonyl (C=O) groups excluding carboxylic acids is 1. The number of ether oxygens (including phenoxy) is 1. The maximum Gasteiger partial charge on any atom is 0.255 e. The van der Waals surface area contributed by atoms with Crippen molar-refractivity contribution in [1.82, 2.24) is 15.1 Å². The SMILES string of the molecule is COc1ccccc1-c1nn(-c2ccccc2)cc1C(=O)NC1CCSc2ccccc21. The zero-order chi connectivity index (χ0) is 21.9. The molecule has 5 rings (SSSR count). The van der Waals surface area contributed by atoms with E-state index in [0.29, 0.717) is 17.0 Å². The first kappa shape index (κ1) is 20.4. The molecule has 1 atom stereocenters. The van der Waals surface area contributed by atoms with Crippen LogP contribution >= 0.6 is 11.8 Å².